The van der Waals surface area contributed by atoms with Crippen molar-refractivity contribution in [3.63, 3.8) is 0 Å². The van der Waals surface area contributed by atoms with E-state index >= 15 is 0 Å². The smallest absolute Gasteiger partial charge is 0.259 e. The molecule has 0 bridgehead atoms. The van der Waals surface area contributed by atoms with E-state index in [0.717, 1.165) is 36.0 Å². The molecule has 0 atom stereocenters. The Hall–Kier alpha value is -1.20. The highest BCUT2D eigenvalue weighted by Gasteiger charge is 2.23. The molecule has 0 aromatic carbocycles. The highest BCUT2D eigenvalue weighted by Crippen LogP contribution is 2.29. The van der Waals surface area contributed by atoms with Crippen LogP contribution in [0.1, 0.15) is 61.7 Å². The fourth-order valence-electron chi connectivity index (χ4n) is 4.29. The minimum absolute atomic E-state index is 0.111. The van der Waals surface area contributed by atoms with E-state index in [2.05, 4.69) is 18.9 Å². The van der Waals surface area contributed by atoms with Crippen LogP contribution in [0.3, 0.4) is 0 Å². The second kappa shape index (κ2) is 6.60. The fraction of sp³-hybridized carbons (Fsp3) is 0.684. The molecule has 0 spiro atoms. The highest BCUT2D eigenvalue weighted by atomic mass is 32.1. The van der Waals surface area contributed by atoms with Crippen LogP contribution >= 0.6 is 11.3 Å². The van der Waals surface area contributed by atoms with E-state index < -0.39 is 0 Å². The lowest BCUT2D eigenvalue weighted by molar-refractivity contribution is 0.162. The van der Waals surface area contributed by atoms with Gasteiger partial charge in [0.25, 0.3) is 5.56 Å². The Morgan fingerprint density at radius 3 is 2.79 bits per heavy atom. The highest BCUT2D eigenvalue weighted by molar-refractivity contribution is 7.17. The number of nitrogens with zero attached hydrogens (tertiary/aromatic N) is 3. The van der Waals surface area contributed by atoms with Crippen LogP contribution in [-0.2, 0) is 19.4 Å². The zero-order valence-electron chi connectivity index (χ0n) is 14.8. The molecule has 0 aliphatic heterocycles. The molecule has 5 heteroatoms. The first-order valence-electron chi connectivity index (χ1n) is 9.35. The molecule has 2 heterocycles. The molecule has 1 saturated carbocycles. The Balaban J connectivity index is 1.57. The summed E-state index contributed by atoms with van der Waals surface area (Å²) in [5.74, 6) is 0.867. The first-order chi connectivity index (χ1) is 11.6. The Morgan fingerprint density at radius 1 is 1.25 bits per heavy atom. The van der Waals surface area contributed by atoms with Gasteiger partial charge in [-0.05, 0) is 64.3 Å². The number of rotatable bonds is 3. The molecular weight excluding hydrogens is 318 g/mol. The molecule has 4 rings (SSSR count). The Kier molecular flexibility index (Phi) is 4.48. The number of aromatic nitrogens is 2. The molecule has 130 valence electrons. The minimum Gasteiger partial charge on any atom is -0.298 e. The molecule has 0 saturated heterocycles. The van der Waals surface area contributed by atoms with Gasteiger partial charge < -0.3 is 0 Å². The lowest BCUT2D eigenvalue weighted by Crippen LogP contribution is -2.35. The van der Waals surface area contributed by atoms with E-state index in [1.165, 1.54) is 49.1 Å². The van der Waals surface area contributed by atoms with E-state index in [4.69, 9.17) is 4.98 Å². The first-order valence-corrected chi connectivity index (χ1v) is 10.2. The fourth-order valence-corrected chi connectivity index (χ4v) is 5.52. The van der Waals surface area contributed by atoms with Crippen molar-refractivity contribution in [3.8, 4) is 0 Å². The van der Waals surface area contributed by atoms with E-state index in [1.54, 1.807) is 17.4 Å². The summed E-state index contributed by atoms with van der Waals surface area (Å²) in [6, 6.07) is 2.40. The maximum atomic E-state index is 12.6. The topological polar surface area (TPSA) is 37.6 Å². The van der Waals surface area contributed by atoms with Gasteiger partial charge in [-0.2, -0.15) is 0 Å². The molecule has 1 fully saturated rings. The van der Waals surface area contributed by atoms with Gasteiger partial charge in [0.15, 0.2) is 4.96 Å². The zero-order chi connectivity index (χ0) is 16.7. The minimum atomic E-state index is 0.111. The molecule has 2 aromatic rings. The van der Waals surface area contributed by atoms with Crippen LogP contribution in [0.4, 0.5) is 0 Å². The third-order valence-corrected chi connectivity index (χ3v) is 6.98. The third-order valence-electron chi connectivity index (χ3n) is 5.83. The molecule has 0 unspecified atom stereocenters. The van der Waals surface area contributed by atoms with Gasteiger partial charge in [0.05, 0.1) is 5.69 Å². The number of hydrogen-bond donors (Lipinski definition) is 0. The van der Waals surface area contributed by atoms with Crippen LogP contribution in [0.5, 0.6) is 0 Å². The summed E-state index contributed by atoms with van der Waals surface area (Å²) in [6.07, 6.45) is 9.75. The summed E-state index contributed by atoms with van der Waals surface area (Å²) in [5.41, 5.74) is 2.26. The average molecular weight is 346 g/mol. The van der Waals surface area contributed by atoms with Gasteiger partial charge in [0.1, 0.15) is 0 Å². The summed E-state index contributed by atoms with van der Waals surface area (Å²) < 4.78 is 1.87. The van der Waals surface area contributed by atoms with Gasteiger partial charge >= 0.3 is 0 Å². The predicted octanol–water partition coefficient (Wildman–Crippen LogP) is 3.65. The number of fused-ring (bicyclic) bond motifs is 3. The zero-order valence-corrected chi connectivity index (χ0v) is 15.6. The van der Waals surface area contributed by atoms with Crippen LogP contribution in [-0.4, -0.2) is 27.4 Å². The van der Waals surface area contributed by atoms with Crippen molar-refractivity contribution in [2.24, 2.45) is 5.92 Å². The second-order valence-electron chi connectivity index (χ2n) is 7.71. The van der Waals surface area contributed by atoms with E-state index in [1.807, 2.05) is 4.40 Å². The summed E-state index contributed by atoms with van der Waals surface area (Å²) in [7, 11) is 2.18. The SMILES string of the molecule is CC1CCC(N(C)Cc2cc(=O)n3c4c(sc3n2)CCCC4)CC1. The van der Waals surface area contributed by atoms with Gasteiger partial charge in [-0.3, -0.25) is 14.1 Å². The van der Waals surface area contributed by atoms with Gasteiger partial charge in [0, 0.05) is 29.2 Å². The molecule has 0 radical (unpaired) electrons. The van der Waals surface area contributed by atoms with Crippen LogP contribution in [0, 0.1) is 5.92 Å². The van der Waals surface area contributed by atoms with Crippen molar-refractivity contribution in [1.82, 2.24) is 14.3 Å². The Morgan fingerprint density at radius 2 is 2.00 bits per heavy atom. The van der Waals surface area contributed by atoms with Crippen molar-refractivity contribution < 1.29 is 0 Å². The van der Waals surface area contributed by atoms with E-state index in [0.29, 0.717) is 6.04 Å². The lowest BCUT2D eigenvalue weighted by atomic mass is 9.87. The monoisotopic (exact) mass is 345 g/mol. The van der Waals surface area contributed by atoms with Crippen molar-refractivity contribution in [2.75, 3.05) is 7.05 Å². The Bertz CT molecular complexity index is 786. The van der Waals surface area contributed by atoms with Gasteiger partial charge in [-0.15, -0.1) is 11.3 Å². The van der Waals surface area contributed by atoms with E-state index in [9.17, 15) is 4.79 Å². The van der Waals surface area contributed by atoms with Crippen molar-refractivity contribution in [2.45, 2.75) is 70.9 Å². The number of aryl methyl sites for hydroxylation is 2. The molecule has 0 N–H and O–H groups in total. The van der Waals surface area contributed by atoms with Gasteiger partial charge in [-0.1, -0.05) is 6.92 Å². The normalized spacial score (nSPS) is 24.5. The molecule has 4 nitrogen and oxygen atoms in total. The van der Waals surface area contributed by atoms with Crippen LogP contribution in [0.15, 0.2) is 10.9 Å². The van der Waals surface area contributed by atoms with Crippen molar-refractivity contribution in [1.29, 1.82) is 0 Å². The lowest BCUT2D eigenvalue weighted by Gasteiger charge is -2.33. The maximum Gasteiger partial charge on any atom is 0.259 e. The van der Waals surface area contributed by atoms with Gasteiger partial charge in [-0.25, -0.2) is 4.98 Å². The quantitative estimate of drug-likeness (QED) is 0.852. The standard InChI is InChI=1S/C19H27N3OS/c1-13-7-9-15(10-8-13)21(2)12-14-11-18(23)22-16-5-3-4-6-17(16)24-19(22)20-14/h11,13,15H,3-10,12H2,1-2H3. The molecule has 2 aliphatic carbocycles. The summed E-state index contributed by atoms with van der Waals surface area (Å²) in [6.45, 7) is 3.14. The summed E-state index contributed by atoms with van der Waals surface area (Å²) in [4.78, 5) is 22.1. The Labute approximate surface area is 147 Å². The molecule has 2 aromatic heterocycles. The van der Waals surface area contributed by atoms with Crippen LogP contribution in [0.25, 0.3) is 4.96 Å². The number of hydrogen-bond acceptors (Lipinski definition) is 4. The molecular formula is C19H27N3OS. The van der Waals surface area contributed by atoms with Gasteiger partial charge in [0.2, 0.25) is 0 Å². The molecule has 2 aliphatic rings. The average Bonchev–Trinajstić information content (AvgIpc) is 2.94. The van der Waals surface area contributed by atoms with Crippen molar-refractivity contribution >= 4 is 16.3 Å². The van der Waals surface area contributed by atoms with Crippen LogP contribution < -0.4 is 5.56 Å². The molecule has 24 heavy (non-hydrogen) atoms. The summed E-state index contributed by atoms with van der Waals surface area (Å²) >= 11 is 1.72. The first kappa shape index (κ1) is 16.3. The van der Waals surface area contributed by atoms with Crippen LogP contribution in [0.2, 0.25) is 0 Å². The van der Waals surface area contributed by atoms with E-state index in [-0.39, 0.29) is 5.56 Å². The second-order valence-corrected chi connectivity index (χ2v) is 8.77. The maximum absolute atomic E-state index is 12.6. The third kappa shape index (κ3) is 3.04. The molecule has 0 amide bonds. The number of thiazole rings is 1. The largest absolute Gasteiger partial charge is 0.298 e. The summed E-state index contributed by atoms with van der Waals surface area (Å²) in [5, 5.41) is 0. The predicted molar refractivity (Wildman–Crippen MR) is 98.9 cm³/mol. The van der Waals surface area contributed by atoms with Crippen molar-refractivity contribution in [3.05, 3.63) is 32.7 Å².